The van der Waals surface area contributed by atoms with Crippen molar-refractivity contribution in [3.8, 4) is 34.1 Å². The van der Waals surface area contributed by atoms with Crippen molar-refractivity contribution < 1.29 is 29.3 Å². The maximum Gasteiger partial charge on any atom is 0.347 e. The van der Waals surface area contributed by atoms with Crippen LogP contribution < -0.4 is 9.47 Å². The van der Waals surface area contributed by atoms with Crippen LogP contribution in [0.15, 0.2) is 91.0 Å². The number of carbonyl (C=O) groups is 2. The van der Waals surface area contributed by atoms with E-state index in [0.717, 1.165) is 19.3 Å². The summed E-state index contributed by atoms with van der Waals surface area (Å²) in [5, 5.41) is 22.6. The molecule has 0 heterocycles. The molecule has 2 N–H and O–H groups in total. The summed E-state index contributed by atoms with van der Waals surface area (Å²) < 4.78 is 11.5. The molecule has 4 aromatic carbocycles. The molecule has 6 heteroatoms. The van der Waals surface area contributed by atoms with Gasteiger partial charge in [-0.3, -0.25) is 4.79 Å². The lowest BCUT2D eigenvalue weighted by Gasteiger charge is -2.18. The van der Waals surface area contributed by atoms with E-state index < -0.39 is 5.97 Å². The Labute approximate surface area is 234 Å². The van der Waals surface area contributed by atoms with Crippen molar-refractivity contribution in [1.29, 1.82) is 0 Å². The largest absolute Gasteiger partial charge is 0.506 e. The molecule has 4 rings (SSSR count). The summed E-state index contributed by atoms with van der Waals surface area (Å²) in [7, 11) is 0. The van der Waals surface area contributed by atoms with Gasteiger partial charge in [-0.25, -0.2) is 4.79 Å². The minimum absolute atomic E-state index is 0.0600. The monoisotopic (exact) mass is 538 g/mol. The number of phenolic OH excluding ortho intramolecular Hbond substituents is 2. The van der Waals surface area contributed by atoms with E-state index in [1.165, 1.54) is 31.4 Å². The first-order valence-electron chi connectivity index (χ1n) is 13.7. The normalized spacial score (nSPS) is 10.7. The smallest absolute Gasteiger partial charge is 0.347 e. The standard InChI is InChI=1S/C34H34O6/c1-2-3-4-5-6-13-23-39-29-22-21-27(31(35)24-15-9-7-10-16-24)33(37)30(29)26-19-14-20-28(32(26)36)34(38)40-25-17-11-8-12-18-25/h7-12,14-22,36-37H,2-6,13,23H2,1H3. The number of hydrogen-bond donors (Lipinski definition) is 2. The highest BCUT2D eigenvalue weighted by Gasteiger charge is 2.25. The van der Waals surface area contributed by atoms with Crippen LogP contribution in [-0.4, -0.2) is 28.6 Å². The summed E-state index contributed by atoms with van der Waals surface area (Å²) in [6, 6.07) is 24.9. The van der Waals surface area contributed by atoms with E-state index >= 15 is 0 Å². The Morgan fingerprint density at radius 3 is 2.08 bits per heavy atom. The second-order valence-electron chi connectivity index (χ2n) is 9.55. The van der Waals surface area contributed by atoms with E-state index in [-0.39, 0.29) is 39.5 Å². The fourth-order valence-corrected chi connectivity index (χ4v) is 4.51. The molecule has 0 aliphatic heterocycles. The van der Waals surface area contributed by atoms with E-state index in [2.05, 4.69) is 6.92 Å². The molecule has 0 amide bonds. The zero-order valence-corrected chi connectivity index (χ0v) is 22.6. The molecule has 0 bridgehead atoms. The third-order valence-corrected chi connectivity index (χ3v) is 6.65. The lowest BCUT2D eigenvalue weighted by molar-refractivity contribution is 0.0731. The van der Waals surface area contributed by atoms with Gasteiger partial charge in [0.25, 0.3) is 0 Å². The molecule has 6 nitrogen and oxygen atoms in total. The van der Waals surface area contributed by atoms with Crippen LogP contribution in [0, 0.1) is 0 Å². The fraction of sp³-hybridized carbons (Fsp3) is 0.235. The Bertz CT molecular complexity index is 1430. The van der Waals surface area contributed by atoms with Crippen LogP contribution in [0.3, 0.4) is 0 Å². The van der Waals surface area contributed by atoms with Crippen LogP contribution >= 0.6 is 0 Å². The van der Waals surface area contributed by atoms with Gasteiger partial charge in [0.2, 0.25) is 0 Å². The lowest BCUT2D eigenvalue weighted by Crippen LogP contribution is -2.09. The van der Waals surface area contributed by atoms with E-state index in [1.807, 2.05) is 0 Å². The second kappa shape index (κ2) is 14.0. The van der Waals surface area contributed by atoms with E-state index in [1.54, 1.807) is 78.9 Å². The number of hydrogen-bond acceptors (Lipinski definition) is 6. The highest BCUT2D eigenvalue weighted by atomic mass is 16.5. The lowest BCUT2D eigenvalue weighted by atomic mass is 9.94. The molecular weight excluding hydrogens is 504 g/mol. The van der Waals surface area contributed by atoms with Gasteiger partial charge in [0, 0.05) is 11.1 Å². The third kappa shape index (κ3) is 6.89. The van der Waals surface area contributed by atoms with E-state index in [9.17, 15) is 19.8 Å². The molecule has 206 valence electrons. The number of unbranched alkanes of at least 4 members (excludes halogenated alkanes) is 5. The average Bonchev–Trinajstić information content (AvgIpc) is 2.98. The minimum Gasteiger partial charge on any atom is -0.506 e. The van der Waals surface area contributed by atoms with Gasteiger partial charge in [0.1, 0.15) is 28.6 Å². The summed E-state index contributed by atoms with van der Waals surface area (Å²) in [6.45, 7) is 2.58. The second-order valence-corrected chi connectivity index (χ2v) is 9.55. The van der Waals surface area contributed by atoms with Gasteiger partial charge < -0.3 is 19.7 Å². The zero-order valence-electron chi connectivity index (χ0n) is 22.6. The number of benzene rings is 4. The van der Waals surface area contributed by atoms with Gasteiger partial charge in [0.15, 0.2) is 5.78 Å². The molecule has 0 saturated carbocycles. The van der Waals surface area contributed by atoms with E-state index in [4.69, 9.17) is 9.47 Å². The molecule has 40 heavy (non-hydrogen) atoms. The van der Waals surface area contributed by atoms with Crippen LogP contribution in [0.4, 0.5) is 0 Å². The van der Waals surface area contributed by atoms with Gasteiger partial charge in [-0.15, -0.1) is 0 Å². The number of ketones is 1. The molecule has 0 spiro atoms. The summed E-state index contributed by atoms with van der Waals surface area (Å²) >= 11 is 0. The van der Waals surface area contributed by atoms with Crippen LogP contribution in [0.25, 0.3) is 11.1 Å². The molecule has 0 atom stereocenters. The molecule has 0 radical (unpaired) electrons. The highest BCUT2D eigenvalue weighted by Crippen LogP contribution is 2.45. The highest BCUT2D eigenvalue weighted by molar-refractivity contribution is 6.12. The number of ether oxygens (including phenoxy) is 2. The topological polar surface area (TPSA) is 93.1 Å². The van der Waals surface area contributed by atoms with Crippen molar-refractivity contribution in [2.75, 3.05) is 6.61 Å². The quantitative estimate of drug-likeness (QED) is 0.0776. The van der Waals surface area contributed by atoms with Gasteiger partial charge in [0.05, 0.1) is 17.7 Å². The van der Waals surface area contributed by atoms with Crippen molar-refractivity contribution in [2.45, 2.75) is 45.4 Å². The van der Waals surface area contributed by atoms with Crippen LogP contribution in [0.2, 0.25) is 0 Å². The minimum atomic E-state index is -0.754. The molecule has 4 aromatic rings. The molecule has 0 saturated heterocycles. The van der Waals surface area contributed by atoms with Crippen molar-refractivity contribution in [1.82, 2.24) is 0 Å². The number of phenols is 2. The Morgan fingerprint density at radius 2 is 1.35 bits per heavy atom. The van der Waals surface area contributed by atoms with Crippen molar-refractivity contribution in [2.24, 2.45) is 0 Å². The number of para-hydroxylation sites is 2. The molecule has 0 unspecified atom stereocenters. The number of aromatic hydroxyl groups is 2. The SMILES string of the molecule is CCCCCCCCOc1ccc(C(=O)c2ccccc2)c(O)c1-c1cccc(C(=O)Oc2ccccc2)c1O. The van der Waals surface area contributed by atoms with Crippen molar-refractivity contribution in [3.63, 3.8) is 0 Å². The van der Waals surface area contributed by atoms with E-state index in [0.29, 0.717) is 23.7 Å². The summed E-state index contributed by atoms with van der Waals surface area (Å²) in [5.41, 5.74) is 0.682. The average molecular weight is 539 g/mol. The molecule has 0 fully saturated rings. The first kappa shape index (κ1) is 28.4. The molecule has 0 aromatic heterocycles. The first-order valence-corrected chi connectivity index (χ1v) is 13.7. The number of carbonyl (C=O) groups excluding carboxylic acids is 2. The van der Waals surface area contributed by atoms with Crippen molar-refractivity contribution >= 4 is 11.8 Å². The van der Waals surface area contributed by atoms with Gasteiger partial charge in [-0.2, -0.15) is 0 Å². The molecule has 0 aliphatic carbocycles. The van der Waals surface area contributed by atoms with Crippen molar-refractivity contribution in [3.05, 3.63) is 108 Å². The third-order valence-electron chi connectivity index (χ3n) is 6.65. The molecular formula is C34H34O6. The number of rotatable bonds is 13. The summed E-state index contributed by atoms with van der Waals surface area (Å²) in [5.74, 6) is -1.21. The Balaban J connectivity index is 1.69. The zero-order chi connectivity index (χ0) is 28.3. The maximum absolute atomic E-state index is 13.3. The van der Waals surface area contributed by atoms with Crippen LogP contribution in [0.1, 0.15) is 71.7 Å². The fourth-order valence-electron chi connectivity index (χ4n) is 4.51. The predicted molar refractivity (Wildman–Crippen MR) is 155 cm³/mol. The Hall–Kier alpha value is -4.58. The molecule has 0 aliphatic rings. The number of esters is 1. The summed E-state index contributed by atoms with van der Waals surface area (Å²) in [6.07, 6.45) is 6.51. The predicted octanol–water partition coefficient (Wildman–Crippen LogP) is 7.95. The van der Waals surface area contributed by atoms with Crippen LogP contribution in [0.5, 0.6) is 23.0 Å². The maximum atomic E-state index is 13.3. The Kier molecular flexibility index (Phi) is 9.94. The Morgan fingerprint density at radius 1 is 0.675 bits per heavy atom. The van der Waals surface area contributed by atoms with Gasteiger partial charge in [-0.05, 0) is 36.8 Å². The first-order chi connectivity index (χ1) is 19.5. The van der Waals surface area contributed by atoms with Crippen LogP contribution in [-0.2, 0) is 0 Å². The van der Waals surface area contributed by atoms with Gasteiger partial charge >= 0.3 is 5.97 Å². The van der Waals surface area contributed by atoms with Gasteiger partial charge in [-0.1, -0.05) is 99.7 Å². The summed E-state index contributed by atoms with van der Waals surface area (Å²) in [4.78, 5) is 26.2.